The SMILES string of the molecule is CC1=C(P(=O)(O)O)O1. The summed E-state index contributed by atoms with van der Waals surface area (Å²) in [6.45, 7) is 1.51. The molecule has 0 amide bonds. The maximum Gasteiger partial charge on any atom is 0.394 e. The average molecular weight is 136 g/mol. The number of allylic oxidation sites excluding steroid dienone is 1. The minimum atomic E-state index is -4.03. The van der Waals surface area contributed by atoms with Crippen LogP contribution in [-0.4, -0.2) is 9.79 Å². The lowest BCUT2D eigenvalue weighted by molar-refractivity contribution is 0.362. The molecule has 0 aromatic heterocycles. The van der Waals surface area contributed by atoms with Crippen LogP contribution >= 0.6 is 7.60 Å². The molecule has 0 bridgehead atoms. The summed E-state index contributed by atoms with van der Waals surface area (Å²) in [5.41, 5.74) is -0.169. The maximum absolute atomic E-state index is 10.1. The van der Waals surface area contributed by atoms with Gasteiger partial charge in [-0.2, -0.15) is 0 Å². The molecule has 1 aliphatic rings. The quantitative estimate of drug-likeness (QED) is 0.511. The Morgan fingerprint density at radius 1 is 1.62 bits per heavy atom. The zero-order valence-corrected chi connectivity index (χ0v) is 5.05. The van der Waals surface area contributed by atoms with Gasteiger partial charge in [-0.1, -0.05) is 0 Å². The van der Waals surface area contributed by atoms with Crippen LogP contribution in [0.2, 0.25) is 0 Å². The summed E-state index contributed by atoms with van der Waals surface area (Å²) >= 11 is 0. The molecule has 0 unspecified atom stereocenters. The Hall–Kier alpha value is -0.310. The smallest absolute Gasteiger partial charge is 0.394 e. The van der Waals surface area contributed by atoms with Crippen LogP contribution in [0.15, 0.2) is 11.3 Å². The molecule has 0 spiro atoms. The topological polar surface area (TPSA) is 70.1 Å². The number of rotatable bonds is 1. The van der Waals surface area contributed by atoms with Crippen molar-refractivity contribution < 1.29 is 19.1 Å². The van der Waals surface area contributed by atoms with Gasteiger partial charge in [0.2, 0.25) is 0 Å². The van der Waals surface area contributed by atoms with Crippen LogP contribution in [0.1, 0.15) is 6.92 Å². The van der Waals surface area contributed by atoms with Crippen molar-refractivity contribution in [3.63, 3.8) is 0 Å². The van der Waals surface area contributed by atoms with E-state index in [-0.39, 0.29) is 5.50 Å². The van der Waals surface area contributed by atoms with Gasteiger partial charge in [0.15, 0.2) is 5.76 Å². The highest BCUT2D eigenvalue weighted by Gasteiger charge is 2.37. The van der Waals surface area contributed by atoms with Crippen molar-refractivity contribution in [3.8, 4) is 0 Å². The minimum absolute atomic E-state index is 0.169. The maximum atomic E-state index is 10.1. The molecule has 0 aliphatic carbocycles. The van der Waals surface area contributed by atoms with Gasteiger partial charge in [0.25, 0.3) is 5.50 Å². The molecule has 0 radical (unpaired) electrons. The van der Waals surface area contributed by atoms with Crippen LogP contribution in [0.5, 0.6) is 0 Å². The van der Waals surface area contributed by atoms with Crippen molar-refractivity contribution >= 4 is 7.60 Å². The van der Waals surface area contributed by atoms with Gasteiger partial charge in [-0.3, -0.25) is 4.57 Å². The Bertz CT molecular complexity index is 187. The van der Waals surface area contributed by atoms with Crippen LogP contribution < -0.4 is 0 Å². The van der Waals surface area contributed by atoms with Gasteiger partial charge in [0.05, 0.1) is 0 Å². The molecule has 2 N–H and O–H groups in total. The second-order valence-electron chi connectivity index (χ2n) is 1.51. The lowest BCUT2D eigenvalue weighted by atomic mass is 10.8. The van der Waals surface area contributed by atoms with E-state index in [9.17, 15) is 4.57 Å². The van der Waals surface area contributed by atoms with Gasteiger partial charge in [0.1, 0.15) is 0 Å². The van der Waals surface area contributed by atoms with Crippen molar-refractivity contribution in [1.29, 1.82) is 0 Å². The molecule has 46 valence electrons. The van der Waals surface area contributed by atoms with E-state index in [1.54, 1.807) is 0 Å². The van der Waals surface area contributed by atoms with Crippen molar-refractivity contribution in [3.05, 3.63) is 11.3 Å². The predicted octanol–water partition coefficient (Wildman–Crippen LogP) is 0.383. The first kappa shape index (κ1) is 5.82. The molecular formula is C3H5O4P. The Morgan fingerprint density at radius 3 is 2.00 bits per heavy atom. The Morgan fingerprint density at radius 2 is 2.00 bits per heavy atom. The van der Waals surface area contributed by atoms with E-state index in [2.05, 4.69) is 4.74 Å². The predicted molar refractivity (Wildman–Crippen MR) is 25.8 cm³/mol. The normalized spacial score (nSPS) is 18.4. The van der Waals surface area contributed by atoms with E-state index in [1.807, 2.05) is 0 Å². The second kappa shape index (κ2) is 1.35. The van der Waals surface area contributed by atoms with Gasteiger partial charge in [-0.05, 0) is 6.92 Å². The summed E-state index contributed by atoms with van der Waals surface area (Å²) in [6, 6.07) is 0. The molecular weight excluding hydrogens is 131 g/mol. The monoisotopic (exact) mass is 136 g/mol. The van der Waals surface area contributed by atoms with E-state index in [1.165, 1.54) is 6.92 Å². The van der Waals surface area contributed by atoms with Crippen molar-refractivity contribution in [2.24, 2.45) is 0 Å². The van der Waals surface area contributed by atoms with Gasteiger partial charge in [-0.25, -0.2) is 0 Å². The summed E-state index contributed by atoms with van der Waals surface area (Å²) in [5.74, 6) is 0.346. The molecule has 0 aromatic rings. The fraction of sp³-hybridized carbons (Fsp3) is 0.333. The highest BCUT2D eigenvalue weighted by Crippen LogP contribution is 2.55. The van der Waals surface area contributed by atoms with Crippen LogP contribution in [0, 0.1) is 0 Å². The largest absolute Gasteiger partial charge is 0.446 e. The fourth-order valence-electron chi connectivity index (χ4n) is 0.384. The highest BCUT2D eigenvalue weighted by atomic mass is 31.2. The minimum Gasteiger partial charge on any atom is -0.446 e. The third kappa shape index (κ3) is 0.916. The first-order valence-corrected chi connectivity index (χ1v) is 3.58. The lowest BCUT2D eigenvalue weighted by Gasteiger charge is -1.88. The molecule has 1 aliphatic heterocycles. The Kier molecular flexibility index (Phi) is 0.979. The van der Waals surface area contributed by atoms with E-state index in [0.29, 0.717) is 5.76 Å². The third-order valence-electron chi connectivity index (χ3n) is 0.774. The van der Waals surface area contributed by atoms with Gasteiger partial charge in [0, 0.05) is 0 Å². The Labute approximate surface area is 45.9 Å². The second-order valence-corrected chi connectivity index (χ2v) is 3.00. The zero-order chi connectivity index (χ0) is 6.36. The van der Waals surface area contributed by atoms with Gasteiger partial charge in [-0.15, -0.1) is 0 Å². The standard InChI is InChI=1S/C3H5O4P/c1-2-3(7-2)8(4,5)6/h1H3,(H2,4,5,6). The van der Waals surface area contributed by atoms with E-state index < -0.39 is 7.60 Å². The highest BCUT2D eigenvalue weighted by molar-refractivity contribution is 7.56. The summed E-state index contributed by atoms with van der Waals surface area (Å²) < 4.78 is 14.5. The van der Waals surface area contributed by atoms with Crippen molar-refractivity contribution in [1.82, 2.24) is 0 Å². The zero-order valence-electron chi connectivity index (χ0n) is 4.16. The molecule has 1 rings (SSSR count). The van der Waals surface area contributed by atoms with E-state index >= 15 is 0 Å². The molecule has 4 nitrogen and oxygen atoms in total. The number of hydrogen-bond donors (Lipinski definition) is 2. The third-order valence-corrected chi connectivity index (χ3v) is 1.71. The summed E-state index contributed by atoms with van der Waals surface area (Å²) in [6.07, 6.45) is 0. The summed E-state index contributed by atoms with van der Waals surface area (Å²) in [4.78, 5) is 16.5. The van der Waals surface area contributed by atoms with Crippen LogP contribution in [0.4, 0.5) is 0 Å². The summed E-state index contributed by atoms with van der Waals surface area (Å²) in [5, 5.41) is 0. The van der Waals surface area contributed by atoms with Gasteiger partial charge < -0.3 is 14.5 Å². The molecule has 1 heterocycles. The molecule has 8 heavy (non-hydrogen) atoms. The average Bonchev–Trinajstić information content (AvgIpc) is 2.13. The number of ether oxygens (including phenoxy) is 1. The van der Waals surface area contributed by atoms with Crippen molar-refractivity contribution in [2.75, 3.05) is 0 Å². The molecule has 5 heteroatoms. The van der Waals surface area contributed by atoms with Crippen LogP contribution in [0.25, 0.3) is 0 Å². The molecule has 0 atom stereocenters. The van der Waals surface area contributed by atoms with E-state index in [0.717, 1.165) is 0 Å². The van der Waals surface area contributed by atoms with E-state index in [4.69, 9.17) is 9.79 Å². The fourth-order valence-corrected chi connectivity index (χ4v) is 1.05. The van der Waals surface area contributed by atoms with Crippen LogP contribution in [0.3, 0.4) is 0 Å². The summed E-state index contributed by atoms with van der Waals surface area (Å²) in [7, 11) is -4.03. The van der Waals surface area contributed by atoms with Gasteiger partial charge >= 0.3 is 7.60 Å². The van der Waals surface area contributed by atoms with Crippen LogP contribution in [-0.2, 0) is 9.30 Å². The van der Waals surface area contributed by atoms with Crippen molar-refractivity contribution in [2.45, 2.75) is 6.92 Å². The molecule has 0 saturated heterocycles. The molecule has 0 aromatic carbocycles. The first-order chi connectivity index (χ1) is 3.52. The lowest BCUT2D eigenvalue weighted by Crippen LogP contribution is -1.69. The number of hydrogen-bond acceptors (Lipinski definition) is 2. The Balaban J connectivity index is 2.79. The molecule has 0 saturated carbocycles. The first-order valence-electron chi connectivity index (χ1n) is 1.96. The molecule has 0 fully saturated rings.